The summed E-state index contributed by atoms with van der Waals surface area (Å²) in [5.74, 6) is 5.85. The quantitative estimate of drug-likeness (QED) is 0.572. The molecule has 8 heteroatoms. The lowest BCUT2D eigenvalue weighted by atomic mass is 10.2. The van der Waals surface area contributed by atoms with E-state index in [2.05, 4.69) is 25.7 Å². The zero-order chi connectivity index (χ0) is 15.4. The Morgan fingerprint density at radius 2 is 2.14 bits per heavy atom. The fourth-order valence-electron chi connectivity index (χ4n) is 1.69. The highest BCUT2D eigenvalue weighted by molar-refractivity contribution is 7.11. The van der Waals surface area contributed by atoms with Gasteiger partial charge in [0.15, 0.2) is 5.69 Å². The molecule has 0 unspecified atom stereocenters. The summed E-state index contributed by atoms with van der Waals surface area (Å²) in [6, 6.07) is 0. The number of hydrazine groups is 1. The smallest absolute Gasteiger partial charge is 0.272 e. The zero-order valence-corrected chi connectivity index (χ0v) is 13.0. The van der Waals surface area contributed by atoms with E-state index in [9.17, 15) is 4.79 Å². The molecule has 2 rings (SSSR count). The Morgan fingerprint density at radius 1 is 1.38 bits per heavy atom. The SMILES string of the molecule is Cc1ncc(CNC(=O)c2nc(C(C)C)ncc2NN)s1. The van der Waals surface area contributed by atoms with Crippen LogP contribution in [0.25, 0.3) is 0 Å². The number of nitrogens with two attached hydrogens (primary N) is 1. The lowest BCUT2D eigenvalue weighted by Gasteiger charge is -2.11. The summed E-state index contributed by atoms with van der Waals surface area (Å²) in [7, 11) is 0. The second-order valence-corrected chi connectivity index (χ2v) is 6.14. The number of carbonyl (C=O) groups excluding carboxylic acids is 1. The number of rotatable bonds is 5. The van der Waals surface area contributed by atoms with Crippen LogP contribution in [0.4, 0.5) is 5.69 Å². The Morgan fingerprint density at radius 3 is 2.71 bits per heavy atom. The van der Waals surface area contributed by atoms with Crippen molar-refractivity contribution < 1.29 is 4.79 Å². The second-order valence-electron chi connectivity index (χ2n) is 4.82. The summed E-state index contributed by atoms with van der Waals surface area (Å²) in [6.45, 7) is 6.26. The van der Waals surface area contributed by atoms with E-state index in [0.29, 0.717) is 18.1 Å². The van der Waals surface area contributed by atoms with Crippen molar-refractivity contribution in [1.29, 1.82) is 0 Å². The molecule has 0 aliphatic heterocycles. The molecule has 0 aliphatic rings. The number of hydrogen-bond donors (Lipinski definition) is 3. The summed E-state index contributed by atoms with van der Waals surface area (Å²) >= 11 is 1.54. The second kappa shape index (κ2) is 6.59. The first-order valence-corrected chi connectivity index (χ1v) is 7.36. The van der Waals surface area contributed by atoms with Crippen LogP contribution in [0.15, 0.2) is 12.4 Å². The minimum atomic E-state index is -0.293. The summed E-state index contributed by atoms with van der Waals surface area (Å²) in [4.78, 5) is 25.9. The maximum Gasteiger partial charge on any atom is 0.272 e. The van der Waals surface area contributed by atoms with Gasteiger partial charge < -0.3 is 10.7 Å². The molecule has 0 radical (unpaired) electrons. The largest absolute Gasteiger partial charge is 0.346 e. The number of nitrogen functional groups attached to an aromatic ring is 1. The first-order chi connectivity index (χ1) is 10.0. The molecule has 0 saturated heterocycles. The number of carbonyl (C=O) groups is 1. The van der Waals surface area contributed by atoms with E-state index in [4.69, 9.17) is 5.84 Å². The van der Waals surface area contributed by atoms with Crippen LogP contribution in [0, 0.1) is 6.92 Å². The molecule has 0 atom stereocenters. The number of thiazole rings is 1. The van der Waals surface area contributed by atoms with Crippen molar-refractivity contribution in [1.82, 2.24) is 20.3 Å². The van der Waals surface area contributed by atoms with Gasteiger partial charge in [-0.2, -0.15) is 0 Å². The zero-order valence-electron chi connectivity index (χ0n) is 12.2. The first-order valence-electron chi connectivity index (χ1n) is 6.54. The van der Waals surface area contributed by atoms with Crippen LogP contribution < -0.4 is 16.6 Å². The van der Waals surface area contributed by atoms with Gasteiger partial charge in [-0.05, 0) is 6.92 Å². The van der Waals surface area contributed by atoms with Gasteiger partial charge in [0.05, 0.1) is 23.4 Å². The molecule has 2 aromatic heterocycles. The molecule has 0 bridgehead atoms. The van der Waals surface area contributed by atoms with Crippen molar-refractivity contribution in [3.05, 3.63) is 33.8 Å². The molecule has 0 spiro atoms. The Labute approximate surface area is 127 Å². The predicted octanol–water partition coefficient (Wildman–Crippen LogP) is 1.58. The Balaban J connectivity index is 2.15. The van der Waals surface area contributed by atoms with E-state index in [-0.39, 0.29) is 17.5 Å². The minimum absolute atomic E-state index is 0.132. The summed E-state index contributed by atoms with van der Waals surface area (Å²) in [6.07, 6.45) is 3.27. The molecular formula is C13H18N6OS. The summed E-state index contributed by atoms with van der Waals surface area (Å²) in [5.41, 5.74) is 3.10. The van der Waals surface area contributed by atoms with Crippen molar-refractivity contribution in [3.8, 4) is 0 Å². The van der Waals surface area contributed by atoms with Gasteiger partial charge in [-0.25, -0.2) is 15.0 Å². The van der Waals surface area contributed by atoms with Gasteiger partial charge in [-0.15, -0.1) is 11.3 Å². The average Bonchev–Trinajstić information content (AvgIpc) is 2.89. The molecule has 21 heavy (non-hydrogen) atoms. The van der Waals surface area contributed by atoms with Gasteiger partial charge in [0, 0.05) is 17.0 Å². The van der Waals surface area contributed by atoms with Crippen molar-refractivity contribution >= 4 is 22.9 Å². The highest BCUT2D eigenvalue weighted by Crippen LogP contribution is 2.16. The Kier molecular flexibility index (Phi) is 4.81. The van der Waals surface area contributed by atoms with Crippen molar-refractivity contribution in [2.75, 3.05) is 5.43 Å². The Bertz CT molecular complexity index is 639. The molecule has 0 saturated carbocycles. The fraction of sp³-hybridized carbons (Fsp3) is 0.385. The van der Waals surface area contributed by atoms with Crippen LogP contribution in [0.2, 0.25) is 0 Å². The van der Waals surface area contributed by atoms with Gasteiger partial charge in [-0.3, -0.25) is 10.6 Å². The number of nitrogens with one attached hydrogen (secondary N) is 2. The van der Waals surface area contributed by atoms with E-state index in [0.717, 1.165) is 9.88 Å². The Hall–Kier alpha value is -2.06. The van der Waals surface area contributed by atoms with Crippen LogP contribution in [-0.2, 0) is 6.54 Å². The lowest BCUT2D eigenvalue weighted by Crippen LogP contribution is -2.26. The monoisotopic (exact) mass is 306 g/mol. The summed E-state index contributed by atoms with van der Waals surface area (Å²) in [5, 5.41) is 3.78. The molecule has 4 N–H and O–H groups in total. The predicted molar refractivity (Wildman–Crippen MR) is 82.0 cm³/mol. The highest BCUT2D eigenvalue weighted by atomic mass is 32.1. The topological polar surface area (TPSA) is 106 Å². The highest BCUT2D eigenvalue weighted by Gasteiger charge is 2.16. The van der Waals surface area contributed by atoms with Crippen molar-refractivity contribution in [2.45, 2.75) is 33.2 Å². The summed E-state index contributed by atoms with van der Waals surface area (Å²) < 4.78 is 0. The maximum atomic E-state index is 12.3. The molecule has 2 heterocycles. The third-order valence-corrected chi connectivity index (χ3v) is 3.70. The normalized spacial score (nSPS) is 10.7. The molecular weight excluding hydrogens is 288 g/mol. The molecule has 1 amide bonds. The van der Waals surface area contributed by atoms with E-state index in [1.54, 1.807) is 17.5 Å². The van der Waals surface area contributed by atoms with E-state index >= 15 is 0 Å². The molecule has 7 nitrogen and oxygen atoms in total. The van der Waals surface area contributed by atoms with E-state index in [1.807, 2.05) is 20.8 Å². The number of amides is 1. The van der Waals surface area contributed by atoms with Gasteiger partial charge >= 0.3 is 0 Å². The van der Waals surface area contributed by atoms with E-state index in [1.165, 1.54) is 6.20 Å². The number of anilines is 1. The lowest BCUT2D eigenvalue weighted by molar-refractivity contribution is 0.0946. The molecule has 112 valence electrons. The number of aryl methyl sites for hydroxylation is 1. The molecule has 2 aromatic rings. The van der Waals surface area contributed by atoms with Crippen LogP contribution in [-0.4, -0.2) is 20.9 Å². The first kappa shape index (κ1) is 15.3. The number of aromatic nitrogens is 3. The van der Waals surface area contributed by atoms with Gasteiger partial charge in [-0.1, -0.05) is 13.8 Å². The van der Waals surface area contributed by atoms with Crippen molar-refractivity contribution in [2.24, 2.45) is 5.84 Å². The average molecular weight is 306 g/mol. The minimum Gasteiger partial charge on any atom is -0.346 e. The van der Waals surface area contributed by atoms with Crippen LogP contribution >= 0.6 is 11.3 Å². The third-order valence-electron chi connectivity index (χ3n) is 2.79. The van der Waals surface area contributed by atoms with Gasteiger partial charge in [0.2, 0.25) is 0 Å². The molecule has 0 aliphatic carbocycles. The molecule has 0 fully saturated rings. The maximum absolute atomic E-state index is 12.3. The van der Waals surface area contributed by atoms with Crippen LogP contribution in [0.5, 0.6) is 0 Å². The van der Waals surface area contributed by atoms with Crippen LogP contribution in [0.3, 0.4) is 0 Å². The number of nitrogens with zero attached hydrogens (tertiary/aromatic N) is 3. The van der Waals surface area contributed by atoms with E-state index < -0.39 is 0 Å². The third kappa shape index (κ3) is 3.73. The number of hydrogen-bond acceptors (Lipinski definition) is 7. The van der Waals surface area contributed by atoms with Crippen LogP contribution in [0.1, 0.15) is 46.0 Å². The molecule has 0 aromatic carbocycles. The fourth-order valence-corrected chi connectivity index (χ4v) is 2.43. The standard InChI is InChI=1S/C13H18N6OS/c1-7(2)12-16-6-10(19-14)11(18-12)13(20)17-5-9-4-15-8(3)21-9/h4,6-7,19H,5,14H2,1-3H3,(H,17,20). The van der Waals surface area contributed by atoms with Crippen molar-refractivity contribution in [3.63, 3.8) is 0 Å². The van der Waals surface area contributed by atoms with Gasteiger partial charge in [0.25, 0.3) is 5.91 Å². The van der Waals surface area contributed by atoms with Gasteiger partial charge in [0.1, 0.15) is 5.82 Å².